The highest BCUT2D eigenvalue weighted by Gasteiger charge is 2.16. The second-order valence-electron chi connectivity index (χ2n) is 4.10. The van der Waals surface area contributed by atoms with E-state index in [0.29, 0.717) is 0 Å². The van der Waals surface area contributed by atoms with Crippen molar-refractivity contribution in [3.05, 3.63) is 35.4 Å². The van der Waals surface area contributed by atoms with Crippen molar-refractivity contribution < 1.29 is 13.6 Å². The predicted molar refractivity (Wildman–Crippen MR) is 68.3 cm³/mol. The van der Waals surface area contributed by atoms with E-state index in [-0.39, 0.29) is 42.4 Å². The van der Waals surface area contributed by atoms with Crippen molar-refractivity contribution in [1.82, 2.24) is 5.32 Å². The molecule has 0 spiro atoms. The van der Waals surface area contributed by atoms with Gasteiger partial charge in [0.15, 0.2) is 0 Å². The molecule has 0 heterocycles. The highest BCUT2D eigenvalue weighted by Crippen LogP contribution is 2.09. The number of rotatable bonds is 4. The van der Waals surface area contributed by atoms with Gasteiger partial charge in [-0.1, -0.05) is 13.0 Å². The molecular formula is C12H17ClF2N2O. The lowest BCUT2D eigenvalue weighted by Crippen LogP contribution is -2.38. The Morgan fingerprint density at radius 1 is 1.39 bits per heavy atom. The number of hydrogen-bond acceptors (Lipinski definition) is 2. The number of halogens is 3. The molecule has 0 bridgehead atoms. The lowest BCUT2D eigenvalue weighted by Gasteiger charge is -2.15. The molecule has 1 aromatic carbocycles. The lowest BCUT2D eigenvalue weighted by atomic mass is 10.0. The van der Waals surface area contributed by atoms with Gasteiger partial charge in [0.1, 0.15) is 11.6 Å². The summed E-state index contributed by atoms with van der Waals surface area (Å²) >= 11 is 0. The summed E-state index contributed by atoms with van der Waals surface area (Å²) in [5.41, 5.74) is 5.82. The summed E-state index contributed by atoms with van der Waals surface area (Å²) in [6, 6.07) is 2.98. The number of hydrogen-bond donors (Lipinski definition) is 2. The summed E-state index contributed by atoms with van der Waals surface area (Å²) < 4.78 is 25.9. The van der Waals surface area contributed by atoms with E-state index in [2.05, 4.69) is 5.32 Å². The number of amides is 1. The molecule has 0 fully saturated rings. The van der Waals surface area contributed by atoms with Gasteiger partial charge in [-0.3, -0.25) is 4.79 Å². The third-order valence-corrected chi connectivity index (χ3v) is 2.67. The Bertz CT molecular complexity index is 413. The molecule has 0 saturated carbocycles. The third-order valence-electron chi connectivity index (χ3n) is 2.67. The van der Waals surface area contributed by atoms with E-state index in [4.69, 9.17) is 5.73 Å². The van der Waals surface area contributed by atoms with Gasteiger partial charge in [0.2, 0.25) is 5.91 Å². The van der Waals surface area contributed by atoms with Crippen LogP contribution in [0.5, 0.6) is 0 Å². The average Bonchev–Trinajstić information content (AvgIpc) is 2.26. The van der Waals surface area contributed by atoms with Crippen LogP contribution < -0.4 is 11.1 Å². The number of carbonyl (C=O) groups excluding carboxylic acids is 1. The molecule has 0 aliphatic heterocycles. The highest BCUT2D eigenvalue weighted by atomic mass is 35.5. The van der Waals surface area contributed by atoms with Gasteiger partial charge < -0.3 is 11.1 Å². The first-order chi connectivity index (χ1) is 7.91. The molecule has 0 aliphatic carbocycles. The summed E-state index contributed by atoms with van der Waals surface area (Å²) in [4.78, 5) is 11.5. The average molecular weight is 279 g/mol. The van der Waals surface area contributed by atoms with E-state index < -0.39 is 11.6 Å². The van der Waals surface area contributed by atoms with Gasteiger partial charge in [0, 0.05) is 30.1 Å². The van der Waals surface area contributed by atoms with Crippen molar-refractivity contribution >= 4 is 18.3 Å². The number of carbonyl (C=O) groups is 1. The zero-order valence-corrected chi connectivity index (χ0v) is 11.1. The van der Waals surface area contributed by atoms with Crippen LogP contribution >= 0.6 is 12.4 Å². The number of nitrogens with one attached hydrogen (secondary N) is 1. The maximum atomic E-state index is 13.2. The van der Waals surface area contributed by atoms with Crippen LogP contribution in [0.3, 0.4) is 0 Å². The fraction of sp³-hybridized carbons (Fsp3) is 0.417. The normalized spacial score (nSPS) is 13.4. The second-order valence-corrected chi connectivity index (χ2v) is 4.10. The monoisotopic (exact) mass is 278 g/mol. The molecule has 3 N–H and O–H groups in total. The van der Waals surface area contributed by atoms with Crippen LogP contribution in [0.2, 0.25) is 0 Å². The Balaban J connectivity index is 0.00000289. The number of nitrogens with two attached hydrogens (primary N) is 1. The molecule has 1 amide bonds. The van der Waals surface area contributed by atoms with Crippen molar-refractivity contribution in [2.45, 2.75) is 26.4 Å². The SMILES string of the molecule is CC(N)C(C)C(=O)NCc1ccc(F)cc1F.Cl. The van der Waals surface area contributed by atoms with Crippen molar-refractivity contribution in [3.8, 4) is 0 Å². The zero-order valence-electron chi connectivity index (χ0n) is 10.2. The molecule has 0 radical (unpaired) electrons. The van der Waals surface area contributed by atoms with E-state index >= 15 is 0 Å². The van der Waals surface area contributed by atoms with E-state index in [1.165, 1.54) is 6.07 Å². The fourth-order valence-corrected chi connectivity index (χ4v) is 1.25. The third kappa shape index (κ3) is 4.58. The maximum Gasteiger partial charge on any atom is 0.224 e. The first kappa shape index (κ1) is 16.8. The Hall–Kier alpha value is -1.20. The highest BCUT2D eigenvalue weighted by molar-refractivity contribution is 5.85. The molecule has 0 saturated heterocycles. The summed E-state index contributed by atoms with van der Waals surface area (Å²) in [5, 5.41) is 2.56. The topological polar surface area (TPSA) is 55.1 Å². The molecule has 3 nitrogen and oxygen atoms in total. The van der Waals surface area contributed by atoms with Crippen molar-refractivity contribution in [2.75, 3.05) is 0 Å². The fourth-order valence-electron chi connectivity index (χ4n) is 1.25. The van der Waals surface area contributed by atoms with Crippen LogP contribution in [0.1, 0.15) is 19.4 Å². The summed E-state index contributed by atoms with van der Waals surface area (Å²) in [5.74, 6) is -1.90. The van der Waals surface area contributed by atoms with Crippen molar-refractivity contribution in [2.24, 2.45) is 11.7 Å². The molecule has 1 rings (SSSR count). The second kappa shape index (κ2) is 7.28. The standard InChI is InChI=1S/C12H16F2N2O.ClH/c1-7(8(2)15)12(17)16-6-9-3-4-10(13)5-11(9)14;/h3-5,7-8H,6,15H2,1-2H3,(H,16,17);1H. The minimum atomic E-state index is -0.668. The van der Waals surface area contributed by atoms with Crippen LogP contribution in [-0.4, -0.2) is 11.9 Å². The summed E-state index contributed by atoms with van der Waals surface area (Å²) in [6.07, 6.45) is 0. The van der Waals surface area contributed by atoms with Gasteiger partial charge in [0.25, 0.3) is 0 Å². The molecule has 0 aromatic heterocycles. The largest absolute Gasteiger partial charge is 0.352 e. The molecule has 1 aromatic rings. The van der Waals surface area contributed by atoms with Gasteiger partial charge in [0.05, 0.1) is 0 Å². The summed E-state index contributed by atoms with van der Waals surface area (Å²) in [6.45, 7) is 3.45. The predicted octanol–water partition coefficient (Wildman–Crippen LogP) is 1.99. The Morgan fingerprint density at radius 2 is 2.00 bits per heavy atom. The molecule has 6 heteroatoms. The van der Waals surface area contributed by atoms with E-state index in [1.54, 1.807) is 13.8 Å². The van der Waals surface area contributed by atoms with Gasteiger partial charge in [-0.2, -0.15) is 0 Å². The van der Waals surface area contributed by atoms with Crippen LogP contribution in [0.15, 0.2) is 18.2 Å². The van der Waals surface area contributed by atoms with E-state index in [1.807, 2.05) is 0 Å². The van der Waals surface area contributed by atoms with Crippen molar-refractivity contribution in [1.29, 1.82) is 0 Å². The molecule has 2 atom stereocenters. The minimum Gasteiger partial charge on any atom is -0.352 e. The minimum absolute atomic E-state index is 0. The molecule has 102 valence electrons. The first-order valence-corrected chi connectivity index (χ1v) is 5.39. The Kier molecular flexibility index (Phi) is 6.80. The van der Waals surface area contributed by atoms with Crippen LogP contribution in [0.25, 0.3) is 0 Å². The van der Waals surface area contributed by atoms with Gasteiger partial charge in [-0.15, -0.1) is 12.4 Å². The van der Waals surface area contributed by atoms with Gasteiger partial charge in [-0.05, 0) is 13.0 Å². The zero-order chi connectivity index (χ0) is 13.0. The van der Waals surface area contributed by atoms with Gasteiger partial charge in [-0.25, -0.2) is 8.78 Å². The first-order valence-electron chi connectivity index (χ1n) is 5.39. The van der Waals surface area contributed by atoms with Crippen LogP contribution in [0, 0.1) is 17.6 Å². The van der Waals surface area contributed by atoms with E-state index in [0.717, 1.165) is 12.1 Å². The Morgan fingerprint density at radius 3 is 2.50 bits per heavy atom. The van der Waals surface area contributed by atoms with Crippen LogP contribution in [0.4, 0.5) is 8.78 Å². The number of benzene rings is 1. The molecule has 18 heavy (non-hydrogen) atoms. The maximum absolute atomic E-state index is 13.2. The smallest absolute Gasteiger partial charge is 0.224 e. The molecule has 0 aliphatic rings. The van der Waals surface area contributed by atoms with Crippen LogP contribution in [-0.2, 0) is 11.3 Å². The summed E-state index contributed by atoms with van der Waals surface area (Å²) in [7, 11) is 0. The molecule has 2 unspecified atom stereocenters. The quantitative estimate of drug-likeness (QED) is 0.885. The lowest BCUT2D eigenvalue weighted by molar-refractivity contribution is -0.125. The van der Waals surface area contributed by atoms with Gasteiger partial charge >= 0.3 is 0 Å². The Labute approximate surface area is 111 Å². The van der Waals surface area contributed by atoms with Crippen molar-refractivity contribution in [3.63, 3.8) is 0 Å². The molecular weight excluding hydrogens is 262 g/mol. The van der Waals surface area contributed by atoms with E-state index in [9.17, 15) is 13.6 Å².